The molecule has 2 unspecified atom stereocenters. The summed E-state index contributed by atoms with van der Waals surface area (Å²) in [5.74, 6) is 0.983. The van der Waals surface area contributed by atoms with Crippen LogP contribution in [0.1, 0.15) is 36.0 Å². The highest BCUT2D eigenvalue weighted by Gasteiger charge is 2.24. The standard InChI is InChI=1S/C14H20O2/c1-9-6-10(2)11(3)14(7-9)16-13-5-4-12(15)8-13/h6-7,12-13,15H,4-5,8H2,1-3H3. The summed E-state index contributed by atoms with van der Waals surface area (Å²) in [6, 6.07) is 4.26. The topological polar surface area (TPSA) is 29.5 Å². The van der Waals surface area contributed by atoms with E-state index in [-0.39, 0.29) is 12.2 Å². The molecule has 2 atom stereocenters. The number of benzene rings is 1. The molecule has 16 heavy (non-hydrogen) atoms. The van der Waals surface area contributed by atoms with Gasteiger partial charge in [-0.15, -0.1) is 0 Å². The van der Waals surface area contributed by atoms with Gasteiger partial charge in [-0.05, 0) is 56.4 Å². The molecule has 2 rings (SSSR count). The first-order chi connectivity index (χ1) is 7.56. The van der Waals surface area contributed by atoms with Crippen LogP contribution in [0.15, 0.2) is 12.1 Å². The highest BCUT2D eigenvalue weighted by atomic mass is 16.5. The molecule has 1 aliphatic carbocycles. The Hall–Kier alpha value is -1.02. The van der Waals surface area contributed by atoms with E-state index in [4.69, 9.17) is 4.74 Å². The van der Waals surface area contributed by atoms with Crippen molar-refractivity contribution in [2.75, 3.05) is 0 Å². The average molecular weight is 220 g/mol. The first kappa shape index (κ1) is 11.5. The van der Waals surface area contributed by atoms with Gasteiger partial charge in [-0.25, -0.2) is 0 Å². The van der Waals surface area contributed by atoms with Crippen LogP contribution in [0.2, 0.25) is 0 Å². The predicted molar refractivity (Wildman–Crippen MR) is 64.9 cm³/mol. The third kappa shape index (κ3) is 2.38. The smallest absolute Gasteiger partial charge is 0.123 e. The Balaban J connectivity index is 2.15. The fourth-order valence-electron chi connectivity index (χ4n) is 2.33. The highest BCUT2D eigenvalue weighted by molar-refractivity contribution is 5.42. The van der Waals surface area contributed by atoms with Crippen molar-refractivity contribution in [3.8, 4) is 5.75 Å². The van der Waals surface area contributed by atoms with Gasteiger partial charge in [0.15, 0.2) is 0 Å². The summed E-state index contributed by atoms with van der Waals surface area (Å²) >= 11 is 0. The fourth-order valence-corrected chi connectivity index (χ4v) is 2.33. The van der Waals surface area contributed by atoms with Gasteiger partial charge in [0, 0.05) is 6.42 Å². The molecule has 1 saturated carbocycles. The summed E-state index contributed by atoms with van der Waals surface area (Å²) < 4.78 is 5.98. The maximum atomic E-state index is 9.48. The van der Waals surface area contributed by atoms with Crippen molar-refractivity contribution in [1.29, 1.82) is 0 Å². The molecule has 0 radical (unpaired) electrons. The van der Waals surface area contributed by atoms with Crippen molar-refractivity contribution in [2.45, 2.75) is 52.2 Å². The molecule has 88 valence electrons. The lowest BCUT2D eigenvalue weighted by atomic mass is 10.1. The third-order valence-electron chi connectivity index (χ3n) is 3.41. The van der Waals surface area contributed by atoms with Crippen LogP contribution >= 0.6 is 0 Å². The summed E-state index contributed by atoms with van der Waals surface area (Å²) in [7, 11) is 0. The SMILES string of the molecule is Cc1cc(C)c(C)c(OC2CCC(O)C2)c1. The molecular formula is C14H20O2. The first-order valence-electron chi connectivity index (χ1n) is 5.99. The van der Waals surface area contributed by atoms with Crippen molar-refractivity contribution in [1.82, 2.24) is 0 Å². The predicted octanol–water partition coefficient (Wildman–Crippen LogP) is 2.90. The minimum Gasteiger partial charge on any atom is -0.490 e. The average Bonchev–Trinajstić information content (AvgIpc) is 2.60. The molecule has 1 aromatic rings. The minimum absolute atomic E-state index is 0.170. The molecule has 0 amide bonds. The van der Waals surface area contributed by atoms with Gasteiger partial charge in [0.1, 0.15) is 11.9 Å². The van der Waals surface area contributed by atoms with E-state index in [0.29, 0.717) is 0 Å². The third-order valence-corrected chi connectivity index (χ3v) is 3.41. The molecule has 1 fully saturated rings. The fraction of sp³-hybridized carbons (Fsp3) is 0.571. The number of rotatable bonds is 2. The van der Waals surface area contributed by atoms with Crippen LogP contribution in [0, 0.1) is 20.8 Å². The quantitative estimate of drug-likeness (QED) is 0.830. The summed E-state index contributed by atoms with van der Waals surface area (Å²) in [6.07, 6.45) is 2.63. The molecule has 0 aromatic heterocycles. The second kappa shape index (κ2) is 4.46. The lowest BCUT2D eigenvalue weighted by molar-refractivity contribution is 0.149. The van der Waals surface area contributed by atoms with Gasteiger partial charge < -0.3 is 9.84 Å². The lowest BCUT2D eigenvalue weighted by Crippen LogP contribution is -2.14. The van der Waals surface area contributed by atoms with Crippen LogP contribution in [0.3, 0.4) is 0 Å². The molecule has 0 spiro atoms. The Morgan fingerprint density at radius 2 is 1.94 bits per heavy atom. The molecular weight excluding hydrogens is 200 g/mol. The maximum Gasteiger partial charge on any atom is 0.123 e. The Morgan fingerprint density at radius 3 is 2.56 bits per heavy atom. The van der Waals surface area contributed by atoms with Gasteiger partial charge >= 0.3 is 0 Å². The second-order valence-electron chi connectivity index (χ2n) is 4.91. The summed E-state index contributed by atoms with van der Waals surface area (Å²) in [5.41, 5.74) is 3.72. The van der Waals surface area contributed by atoms with Gasteiger partial charge in [0.25, 0.3) is 0 Å². The Morgan fingerprint density at radius 1 is 1.19 bits per heavy atom. The van der Waals surface area contributed by atoms with Gasteiger partial charge in [0.05, 0.1) is 6.10 Å². The number of ether oxygens (including phenoxy) is 1. The zero-order valence-electron chi connectivity index (χ0n) is 10.3. The molecule has 0 aliphatic heterocycles. The van der Waals surface area contributed by atoms with E-state index in [2.05, 4.69) is 32.9 Å². The molecule has 1 aromatic carbocycles. The van der Waals surface area contributed by atoms with Crippen molar-refractivity contribution in [3.05, 3.63) is 28.8 Å². The van der Waals surface area contributed by atoms with Crippen molar-refractivity contribution in [2.24, 2.45) is 0 Å². The van der Waals surface area contributed by atoms with Gasteiger partial charge in [-0.1, -0.05) is 6.07 Å². The van der Waals surface area contributed by atoms with Crippen molar-refractivity contribution < 1.29 is 9.84 Å². The van der Waals surface area contributed by atoms with Crippen LogP contribution in [0.5, 0.6) is 5.75 Å². The van der Waals surface area contributed by atoms with Crippen LogP contribution in [0.25, 0.3) is 0 Å². The molecule has 0 bridgehead atoms. The van der Waals surface area contributed by atoms with E-state index < -0.39 is 0 Å². The van der Waals surface area contributed by atoms with Crippen LogP contribution in [-0.2, 0) is 0 Å². The van der Waals surface area contributed by atoms with Crippen molar-refractivity contribution >= 4 is 0 Å². The molecule has 2 heteroatoms. The lowest BCUT2D eigenvalue weighted by Gasteiger charge is -2.17. The van der Waals surface area contributed by atoms with E-state index in [9.17, 15) is 5.11 Å². The van der Waals surface area contributed by atoms with Crippen LogP contribution in [0.4, 0.5) is 0 Å². The molecule has 0 saturated heterocycles. The number of hydrogen-bond donors (Lipinski definition) is 1. The largest absolute Gasteiger partial charge is 0.490 e. The van der Waals surface area contributed by atoms with Gasteiger partial charge in [-0.2, -0.15) is 0 Å². The molecule has 2 nitrogen and oxygen atoms in total. The molecule has 0 heterocycles. The number of aryl methyl sites for hydroxylation is 2. The number of aliphatic hydroxyl groups excluding tert-OH is 1. The van der Waals surface area contributed by atoms with Crippen LogP contribution < -0.4 is 4.74 Å². The second-order valence-corrected chi connectivity index (χ2v) is 4.91. The summed E-state index contributed by atoms with van der Waals surface area (Å²) in [4.78, 5) is 0. The molecule has 1 aliphatic rings. The summed E-state index contributed by atoms with van der Waals surface area (Å²) in [6.45, 7) is 6.29. The zero-order chi connectivity index (χ0) is 11.7. The van der Waals surface area contributed by atoms with E-state index in [0.717, 1.165) is 25.0 Å². The molecule has 1 N–H and O–H groups in total. The zero-order valence-corrected chi connectivity index (χ0v) is 10.3. The van der Waals surface area contributed by atoms with E-state index in [1.165, 1.54) is 16.7 Å². The first-order valence-corrected chi connectivity index (χ1v) is 5.99. The summed E-state index contributed by atoms with van der Waals surface area (Å²) in [5, 5.41) is 9.48. The number of aliphatic hydroxyl groups is 1. The Bertz CT molecular complexity index is 385. The van der Waals surface area contributed by atoms with Gasteiger partial charge in [0.2, 0.25) is 0 Å². The van der Waals surface area contributed by atoms with Gasteiger partial charge in [-0.3, -0.25) is 0 Å². The van der Waals surface area contributed by atoms with Crippen molar-refractivity contribution in [3.63, 3.8) is 0 Å². The Kier molecular flexibility index (Phi) is 3.20. The minimum atomic E-state index is -0.170. The maximum absolute atomic E-state index is 9.48. The number of hydrogen-bond acceptors (Lipinski definition) is 2. The van der Waals surface area contributed by atoms with Crippen LogP contribution in [-0.4, -0.2) is 17.3 Å². The normalized spacial score (nSPS) is 24.8. The van der Waals surface area contributed by atoms with E-state index in [1.807, 2.05) is 0 Å². The highest BCUT2D eigenvalue weighted by Crippen LogP contribution is 2.29. The monoisotopic (exact) mass is 220 g/mol. The van der Waals surface area contributed by atoms with E-state index >= 15 is 0 Å². The van der Waals surface area contributed by atoms with E-state index in [1.54, 1.807) is 0 Å². The Labute approximate surface area is 97.3 Å².